The van der Waals surface area contributed by atoms with E-state index in [1.54, 1.807) is 0 Å². The molecule has 0 aliphatic rings. The molecule has 0 radical (unpaired) electrons. The molecule has 6 nitrogen and oxygen atoms in total. The van der Waals surface area contributed by atoms with Crippen LogP contribution in [0, 0.1) is 11.8 Å². The molecule has 0 amide bonds. The Bertz CT molecular complexity index is 1040. The summed E-state index contributed by atoms with van der Waals surface area (Å²) in [7, 11) is 0. The van der Waals surface area contributed by atoms with Crippen LogP contribution in [0.3, 0.4) is 0 Å². The predicted molar refractivity (Wildman–Crippen MR) is 138 cm³/mol. The third-order valence-corrected chi connectivity index (χ3v) is 5.91. The Morgan fingerprint density at radius 1 is 1.03 bits per heavy atom. The molecular weight excluding hydrogens is 432 g/mol. The van der Waals surface area contributed by atoms with Gasteiger partial charge in [-0.1, -0.05) is 71.0 Å². The molecule has 3 rings (SSSR count). The molecule has 0 bridgehead atoms. The van der Waals surface area contributed by atoms with Gasteiger partial charge in [-0.3, -0.25) is 4.79 Å². The zero-order chi connectivity index (χ0) is 24.0. The van der Waals surface area contributed by atoms with Gasteiger partial charge < -0.3 is 15.3 Å². The van der Waals surface area contributed by atoms with Crippen LogP contribution in [0.25, 0.3) is 11.4 Å². The Morgan fingerprint density at radius 2 is 1.70 bits per heavy atom. The molecule has 1 unspecified atom stereocenters. The fourth-order valence-electron chi connectivity index (χ4n) is 3.86. The second-order valence-electron chi connectivity index (χ2n) is 9.38. The molecule has 1 aromatic heterocycles. The van der Waals surface area contributed by atoms with E-state index in [1.165, 1.54) is 11.5 Å². The van der Waals surface area contributed by atoms with Gasteiger partial charge >= 0.3 is 5.97 Å². The molecule has 1 atom stereocenters. The molecule has 2 aromatic carbocycles. The van der Waals surface area contributed by atoms with Crippen molar-refractivity contribution in [1.82, 2.24) is 9.36 Å². The van der Waals surface area contributed by atoms with Crippen molar-refractivity contribution in [3.05, 3.63) is 54.1 Å². The third-order valence-electron chi connectivity index (χ3n) is 5.28. The summed E-state index contributed by atoms with van der Waals surface area (Å²) in [5.41, 5.74) is 4.00. The lowest BCUT2D eigenvalue weighted by molar-refractivity contribution is -0.137. The Hall–Kier alpha value is -2.93. The van der Waals surface area contributed by atoms with Crippen molar-refractivity contribution < 1.29 is 9.90 Å². The number of hydrogen-bond donors (Lipinski definition) is 2. The summed E-state index contributed by atoms with van der Waals surface area (Å²) < 4.78 is 4.53. The van der Waals surface area contributed by atoms with Crippen molar-refractivity contribution >= 4 is 34.0 Å². The highest BCUT2D eigenvalue weighted by Crippen LogP contribution is 2.35. The van der Waals surface area contributed by atoms with Crippen LogP contribution < -0.4 is 10.2 Å². The summed E-state index contributed by atoms with van der Waals surface area (Å²) in [6, 6.07) is 16.2. The van der Waals surface area contributed by atoms with Gasteiger partial charge in [-0.05, 0) is 35.4 Å². The quantitative estimate of drug-likeness (QED) is 0.330. The molecule has 3 aromatic rings. The van der Waals surface area contributed by atoms with E-state index in [0.29, 0.717) is 22.8 Å². The van der Waals surface area contributed by atoms with Crippen molar-refractivity contribution in [1.29, 1.82) is 0 Å². The van der Waals surface area contributed by atoms with Gasteiger partial charge in [-0.2, -0.15) is 9.36 Å². The number of carboxylic acids is 1. The maximum absolute atomic E-state index is 11.3. The molecule has 2 N–H and O–H groups in total. The second-order valence-corrected chi connectivity index (χ2v) is 10.1. The normalized spacial score (nSPS) is 12.2. The first kappa shape index (κ1) is 24.7. The Labute approximate surface area is 200 Å². The Kier molecular flexibility index (Phi) is 8.44. The van der Waals surface area contributed by atoms with E-state index in [-0.39, 0.29) is 12.3 Å². The van der Waals surface area contributed by atoms with Gasteiger partial charge in [0.05, 0.1) is 17.8 Å². The van der Waals surface area contributed by atoms with Gasteiger partial charge in [0.2, 0.25) is 5.13 Å². The van der Waals surface area contributed by atoms with Gasteiger partial charge in [0.15, 0.2) is 5.82 Å². The van der Waals surface area contributed by atoms with Crippen LogP contribution in [0.5, 0.6) is 0 Å². The van der Waals surface area contributed by atoms with Crippen molar-refractivity contribution in [2.24, 2.45) is 11.8 Å². The van der Waals surface area contributed by atoms with Crippen molar-refractivity contribution in [2.45, 2.75) is 47.0 Å². The van der Waals surface area contributed by atoms with Crippen LogP contribution in [-0.2, 0) is 4.79 Å². The third kappa shape index (κ3) is 7.02. The fraction of sp³-hybridized carbons (Fsp3) is 0.423. The Morgan fingerprint density at radius 3 is 2.30 bits per heavy atom. The smallest absolute Gasteiger partial charge is 0.303 e. The second kappa shape index (κ2) is 11.3. The van der Waals surface area contributed by atoms with Crippen LogP contribution in [0.15, 0.2) is 48.5 Å². The van der Waals surface area contributed by atoms with E-state index < -0.39 is 5.97 Å². The van der Waals surface area contributed by atoms with Crippen molar-refractivity contribution in [3.8, 4) is 11.4 Å². The zero-order valence-corrected chi connectivity index (χ0v) is 20.9. The molecule has 0 aliphatic carbocycles. The SMILES string of the molecule is CC(C)CN(CC(C)C)c1ccc(C(C)CC(=O)O)cc1Nc1nc(-c2ccccc2)ns1. The molecular formula is C26H34N4O2S. The monoisotopic (exact) mass is 466 g/mol. The maximum Gasteiger partial charge on any atom is 0.303 e. The number of hydrogen-bond acceptors (Lipinski definition) is 6. The molecule has 0 saturated carbocycles. The number of nitrogens with zero attached hydrogens (tertiary/aromatic N) is 3. The summed E-state index contributed by atoms with van der Waals surface area (Å²) in [4.78, 5) is 18.4. The molecule has 1 heterocycles. The lowest BCUT2D eigenvalue weighted by Crippen LogP contribution is -2.31. The minimum atomic E-state index is -0.793. The maximum atomic E-state index is 11.3. The standard InChI is InChI=1S/C26H34N4O2S/c1-17(2)15-30(16-18(3)4)23-12-11-21(19(5)13-24(31)32)14-22(23)27-26-28-25(29-33-26)20-9-7-6-8-10-20/h6-12,14,17-19H,13,15-16H2,1-5H3,(H,31,32)(H,27,28,29). The van der Waals surface area contributed by atoms with Gasteiger partial charge in [-0.25, -0.2) is 0 Å². The summed E-state index contributed by atoms with van der Waals surface area (Å²) in [5.74, 6) is 0.831. The van der Waals surface area contributed by atoms with Gasteiger partial charge in [0, 0.05) is 30.2 Å². The number of benzene rings is 2. The van der Waals surface area contributed by atoms with Crippen LogP contribution in [0.4, 0.5) is 16.5 Å². The van der Waals surface area contributed by atoms with Crippen LogP contribution in [-0.4, -0.2) is 33.5 Å². The Balaban J connectivity index is 1.98. The molecule has 176 valence electrons. The minimum Gasteiger partial charge on any atom is -0.481 e. The summed E-state index contributed by atoms with van der Waals surface area (Å²) in [5, 5.41) is 13.5. The number of aromatic nitrogens is 2. The lowest BCUT2D eigenvalue weighted by Gasteiger charge is -2.31. The van der Waals surface area contributed by atoms with Crippen LogP contribution in [0.2, 0.25) is 0 Å². The summed E-state index contributed by atoms with van der Waals surface area (Å²) in [6.07, 6.45) is 0.0947. The number of carbonyl (C=O) groups is 1. The van der Waals surface area contributed by atoms with Gasteiger partial charge in [0.25, 0.3) is 0 Å². The molecule has 0 fully saturated rings. The highest BCUT2D eigenvalue weighted by atomic mass is 32.1. The first-order valence-electron chi connectivity index (χ1n) is 11.5. The topological polar surface area (TPSA) is 78.4 Å². The van der Waals surface area contributed by atoms with E-state index in [1.807, 2.05) is 37.3 Å². The highest BCUT2D eigenvalue weighted by Gasteiger charge is 2.19. The molecule has 7 heteroatoms. The molecule has 0 aliphatic heterocycles. The minimum absolute atomic E-state index is 0.0879. The number of anilines is 3. The van der Waals surface area contributed by atoms with Crippen molar-refractivity contribution in [3.63, 3.8) is 0 Å². The predicted octanol–water partition coefficient (Wildman–Crippen LogP) is 6.65. The number of nitrogens with one attached hydrogen (secondary N) is 1. The average molecular weight is 467 g/mol. The van der Waals surface area contributed by atoms with Crippen LogP contribution >= 0.6 is 11.5 Å². The summed E-state index contributed by atoms with van der Waals surface area (Å²) >= 11 is 1.33. The average Bonchev–Trinajstić information content (AvgIpc) is 3.21. The number of aliphatic carboxylic acids is 1. The van der Waals surface area contributed by atoms with E-state index in [4.69, 9.17) is 4.98 Å². The van der Waals surface area contributed by atoms with E-state index in [9.17, 15) is 9.90 Å². The number of carboxylic acid groups (broad SMARTS) is 1. The molecule has 0 saturated heterocycles. The molecule has 33 heavy (non-hydrogen) atoms. The van der Waals surface area contributed by atoms with Crippen LogP contribution in [0.1, 0.15) is 52.5 Å². The molecule has 0 spiro atoms. The van der Waals surface area contributed by atoms with Crippen molar-refractivity contribution in [2.75, 3.05) is 23.3 Å². The fourth-order valence-corrected chi connectivity index (χ4v) is 4.46. The first-order valence-corrected chi connectivity index (χ1v) is 12.3. The highest BCUT2D eigenvalue weighted by molar-refractivity contribution is 7.10. The van der Waals surface area contributed by atoms with E-state index in [2.05, 4.69) is 60.5 Å². The van der Waals surface area contributed by atoms with E-state index in [0.717, 1.165) is 35.6 Å². The lowest BCUT2D eigenvalue weighted by atomic mass is 9.96. The largest absolute Gasteiger partial charge is 0.481 e. The van der Waals surface area contributed by atoms with E-state index >= 15 is 0 Å². The van der Waals surface area contributed by atoms with Gasteiger partial charge in [0.1, 0.15) is 0 Å². The number of rotatable bonds is 11. The zero-order valence-electron chi connectivity index (χ0n) is 20.1. The first-order chi connectivity index (χ1) is 15.7. The summed E-state index contributed by atoms with van der Waals surface area (Å²) in [6.45, 7) is 12.7. The van der Waals surface area contributed by atoms with Gasteiger partial charge in [-0.15, -0.1) is 0 Å².